The summed E-state index contributed by atoms with van der Waals surface area (Å²) in [6.45, 7) is 1.87. The second kappa shape index (κ2) is 7.86. The van der Waals surface area contributed by atoms with Gasteiger partial charge in [-0.3, -0.25) is 0 Å². The van der Waals surface area contributed by atoms with Gasteiger partial charge >= 0.3 is 0 Å². The van der Waals surface area contributed by atoms with Gasteiger partial charge in [-0.05, 0) is 65.6 Å². The van der Waals surface area contributed by atoms with Gasteiger partial charge in [0, 0.05) is 22.2 Å². The molecule has 0 unspecified atom stereocenters. The molecule has 0 radical (unpaired) electrons. The molecule has 3 rings (SSSR count). The molecule has 0 aromatic heterocycles. The van der Waals surface area contributed by atoms with Crippen LogP contribution in [0.1, 0.15) is 11.1 Å². The lowest BCUT2D eigenvalue weighted by Crippen LogP contribution is -2.15. The minimum absolute atomic E-state index is 0.228. The quantitative estimate of drug-likeness (QED) is 0.267. The summed E-state index contributed by atoms with van der Waals surface area (Å²) in [4.78, 5) is 0. The van der Waals surface area contributed by atoms with Crippen molar-refractivity contribution in [2.75, 3.05) is 7.11 Å². The highest BCUT2D eigenvalue weighted by molar-refractivity contribution is 6.31. The van der Waals surface area contributed by atoms with Gasteiger partial charge in [0.05, 0.1) is 7.11 Å². The first-order chi connectivity index (χ1) is 13.3. The molecule has 0 aliphatic rings. The SMILES string of the molecule is COc1ccc(-c2cc(Cl)cc(/C(N)=N/O)c2-c2cc(F)cc(F)c2)cc1C. The maximum Gasteiger partial charge on any atom is 0.170 e. The fourth-order valence-corrected chi connectivity index (χ4v) is 3.36. The van der Waals surface area contributed by atoms with E-state index < -0.39 is 11.6 Å². The maximum absolute atomic E-state index is 13.9. The van der Waals surface area contributed by atoms with Crippen LogP contribution in [0.2, 0.25) is 5.02 Å². The number of halogens is 3. The van der Waals surface area contributed by atoms with Gasteiger partial charge in [-0.1, -0.05) is 22.8 Å². The lowest BCUT2D eigenvalue weighted by Gasteiger charge is -2.17. The Bertz CT molecular complexity index is 1060. The van der Waals surface area contributed by atoms with Gasteiger partial charge in [0.25, 0.3) is 0 Å². The molecule has 0 amide bonds. The average molecular weight is 403 g/mol. The maximum atomic E-state index is 13.9. The predicted molar refractivity (Wildman–Crippen MR) is 106 cm³/mol. The van der Waals surface area contributed by atoms with E-state index in [1.807, 2.05) is 13.0 Å². The number of benzene rings is 3. The number of ether oxygens (including phenoxy) is 1. The highest BCUT2D eigenvalue weighted by Gasteiger charge is 2.19. The Balaban J connectivity index is 2.39. The molecule has 0 bridgehead atoms. The molecule has 0 fully saturated rings. The van der Waals surface area contributed by atoms with Crippen LogP contribution in [0.5, 0.6) is 5.75 Å². The summed E-state index contributed by atoms with van der Waals surface area (Å²) in [5, 5.41) is 12.6. The Morgan fingerprint density at radius 1 is 1.04 bits per heavy atom. The van der Waals surface area contributed by atoms with E-state index in [2.05, 4.69) is 5.16 Å². The van der Waals surface area contributed by atoms with Gasteiger partial charge in [-0.15, -0.1) is 0 Å². The largest absolute Gasteiger partial charge is 0.496 e. The second-order valence-electron chi connectivity index (χ2n) is 6.20. The zero-order valence-corrected chi connectivity index (χ0v) is 15.9. The van der Waals surface area contributed by atoms with Gasteiger partial charge in [0.15, 0.2) is 5.84 Å². The zero-order chi connectivity index (χ0) is 20.4. The van der Waals surface area contributed by atoms with Crippen molar-refractivity contribution in [3.63, 3.8) is 0 Å². The number of nitrogens with two attached hydrogens (primary N) is 1. The third kappa shape index (κ3) is 3.77. The molecule has 0 aliphatic heterocycles. The molecule has 0 saturated carbocycles. The summed E-state index contributed by atoms with van der Waals surface area (Å²) < 4.78 is 33.1. The molecule has 3 aromatic carbocycles. The Morgan fingerprint density at radius 2 is 1.71 bits per heavy atom. The topological polar surface area (TPSA) is 67.8 Å². The Morgan fingerprint density at radius 3 is 2.29 bits per heavy atom. The molecule has 3 N–H and O–H groups in total. The average Bonchev–Trinajstić information content (AvgIpc) is 2.65. The van der Waals surface area contributed by atoms with Crippen LogP contribution < -0.4 is 10.5 Å². The van der Waals surface area contributed by atoms with Crippen LogP contribution in [0.15, 0.2) is 53.7 Å². The van der Waals surface area contributed by atoms with E-state index in [1.54, 1.807) is 25.3 Å². The standard InChI is InChI=1S/C21H17ClF2N2O2/c1-11-5-12(3-4-19(11)28-2)17-8-14(22)9-18(21(25)26-27)20(17)13-6-15(23)10-16(24)7-13/h3-10,27H,1-2H3,(H2,25,26). The number of aryl methyl sites for hydroxylation is 1. The van der Waals surface area contributed by atoms with Gasteiger partial charge in [-0.25, -0.2) is 8.78 Å². The van der Waals surface area contributed by atoms with Crippen LogP contribution in [0.3, 0.4) is 0 Å². The molecular weight excluding hydrogens is 386 g/mol. The molecule has 0 heterocycles. The van der Waals surface area contributed by atoms with E-state index in [4.69, 9.17) is 22.1 Å². The Labute approximate surface area is 165 Å². The van der Waals surface area contributed by atoms with Crippen molar-refractivity contribution in [3.05, 3.63) is 76.3 Å². The van der Waals surface area contributed by atoms with Crippen molar-refractivity contribution in [3.8, 4) is 28.0 Å². The second-order valence-corrected chi connectivity index (χ2v) is 6.64. The van der Waals surface area contributed by atoms with Crippen LogP contribution in [-0.4, -0.2) is 18.2 Å². The predicted octanol–water partition coefficient (Wildman–Crippen LogP) is 5.36. The normalized spacial score (nSPS) is 11.5. The molecule has 3 aromatic rings. The Hall–Kier alpha value is -3.12. The van der Waals surface area contributed by atoms with Crippen molar-refractivity contribution >= 4 is 17.4 Å². The van der Waals surface area contributed by atoms with E-state index >= 15 is 0 Å². The molecular formula is C21H17ClF2N2O2. The smallest absolute Gasteiger partial charge is 0.170 e. The van der Waals surface area contributed by atoms with Crippen LogP contribution in [0.25, 0.3) is 22.3 Å². The first kappa shape index (κ1) is 19.6. The highest BCUT2D eigenvalue weighted by Crippen LogP contribution is 2.39. The minimum Gasteiger partial charge on any atom is -0.496 e. The number of oxime groups is 1. The van der Waals surface area contributed by atoms with Crippen molar-refractivity contribution in [2.45, 2.75) is 6.92 Å². The van der Waals surface area contributed by atoms with Crippen LogP contribution in [0, 0.1) is 18.6 Å². The fraction of sp³-hybridized carbons (Fsp3) is 0.0952. The number of rotatable bonds is 4. The number of amidine groups is 1. The van der Waals surface area contributed by atoms with Gasteiger partial charge in [0.1, 0.15) is 17.4 Å². The van der Waals surface area contributed by atoms with Crippen molar-refractivity contribution < 1.29 is 18.7 Å². The molecule has 28 heavy (non-hydrogen) atoms. The van der Waals surface area contributed by atoms with Crippen molar-refractivity contribution in [2.24, 2.45) is 10.9 Å². The first-order valence-corrected chi connectivity index (χ1v) is 8.64. The number of hydrogen-bond acceptors (Lipinski definition) is 3. The molecule has 144 valence electrons. The Kier molecular flexibility index (Phi) is 5.51. The van der Waals surface area contributed by atoms with E-state index in [0.29, 0.717) is 21.9 Å². The van der Waals surface area contributed by atoms with Gasteiger partial charge < -0.3 is 15.7 Å². The third-order valence-electron chi connectivity index (χ3n) is 4.34. The van der Waals surface area contributed by atoms with E-state index in [1.165, 1.54) is 18.2 Å². The number of nitrogens with zero attached hydrogens (tertiary/aromatic N) is 1. The molecule has 0 atom stereocenters. The highest BCUT2D eigenvalue weighted by atomic mass is 35.5. The molecule has 0 spiro atoms. The van der Waals surface area contributed by atoms with Crippen molar-refractivity contribution in [1.82, 2.24) is 0 Å². The lowest BCUT2D eigenvalue weighted by atomic mass is 9.89. The monoisotopic (exact) mass is 402 g/mol. The fourth-order valence-electron chi connectivity index (χ4n) is 3.15. The number of methoxy groups -OCH3 is 1. The van der Waals surface area contributed by atoms with Crippen LogP contribution in [0.4, 0.5) is 8.78 Å². The summed E-state index contributed by atoms with van der Waals surface area (Å²) in [6, 6.07) is 11.7. The van der Waals surface area contributed by atoms with E-state index in [-0.39, 0.29) is 17.0 Å². The van der Waals surface area contributed by atoms with Crippen molar-refractivity contribution in [1.29, 1.82) is 0 Å². The van der Waals surface area contributed by atoms with Crippen LogP contribution in [-0.2, 0) is 0 Å². The van der Waals surface area contributed by atoms with E-state index in [0.717, 1.165) is 17.2 Å². The molecule has 4 nitrogen and oxygen atoms in total. The summed E-state index contributed by atoms with van der Waals surface area (Å²) in [5.74, 6) is -1.02. The molecule has 0 aliphatic carbocycles. The molecule has 7 heteroatoms. The van der Waals surface area contributed by atoms with Gasteiger partial charge in [-0.2, -0.15) is 0 Å². The summed E-state index contributed by atoms with van der Waals surface area (Å²) in [5.41, 5.74) is 8.88. The van der Waals surface area contributed by atoms with Gasteiger partial charge in [0.2, 0.25) is 0 Å². The summed E-state index contributed by atoms with van der Waals surface area (Å²) in [7, 11) is 1.57. The summed E-state index contributed by atoms with van der Waals surface area (Å²) in [6.07, 6.45) is 0. The summed E-state index contributed by atoms with van der Waals surface area (Å²) >= 11 is 6.26. The van der Waals surface area contributed by atoms with Crippen LogP contribution >= 0.6 is 11.6 Å². The first-order valence-electron chi connectivity index (χ1n) is 8.27. The lowest BCUT2D eigenvalue weighted by molar-refractivity contribution is 0.318. The third-order valence-corrected chi connectivity index (χ3v) is 4.56. The zero-order valence-electron chi connectivity index (χ0n) is 15.1. The molecule has 0 saturated heterocycles. The number of hydrogen-bond donors (Lipinski definition) is 2. The van der Waals surface area contributed by atoms with E-state index in [9.17, 15) is 14.0 Å². The minimum atomic E-state index is -0.743.